The first-order valence-corrected chi connectivity index (χ1v) is 4.83. The maximum atomic E-state index is 12.8. The molecule has 0 radical (unpaired) electrons. The van der Waals surface area contributed by atoms with Gasteiger partial charge in [-0.25, -0.2) is 0 Å². The maximum Gasteiger partial charge on any atom is 0.423 e. The van der Waals surface area contributed by atoms with Crippen LogP contribution >= 0.6 is 0 Å². The van der Waals surface area contributed by atoms with Gasteiger partial charge >= 0.3 is 21.3 Å². The van der Waals surface area contributed by atoms with E-state index in [1.165, 1.54) is 0 Å². The third-order valence-electron chi connectivity index (χ3n) is 1.45. The molecule has 0 aliphatic heterocycles. The van der Waals surface area contributed by atoms with E-state index in [1.54, 1.807) is 0 Å². The number of hydrogen-bond acceptors (Lipinski definition) is 2. The van der Waals surface area contributed by atoms with E-state index >= 15 is 0 Å². The fourth-order valence-electron chi connectivity index (χ4n) is 0.934. The molecule has 0 aliphatic rings. The number of nitrogens with zero attached hydrogens (tertiary/aromatic N) is 1. The van der Waals surface area contributed by atoms with Crippen LogP contribution in [0, 0.1) is 0 Å². The molecule has 0 unspecified atom stereocenters. The molecule has 0 bridgehead atoms. The molecule has 0 saturated heterocycles. The summed E-state index contributed by atoms with van der Waals surface area (Å²) < 4.78 is 78.8. The first-order valence-electron chi connectivity index (χ1n) is 3.39. The van der Waals surface area contributed by atoms with Crippen LogP contribution in [0.15, 0.2) is 23.4 Å². The zero-order valence-electron chi connectivity index (χ0n) is 6.86. The molecule has 0 aliphatic carbocycles. The summed E-state index contributed by atoms with van der Waals surface area (Å²) in [6.45, 7) is 0. The van der Waals surface area contributed by atoms with Crippen molar-refractivity contribution in [2.45, 2.75) is 11.2 Å². The number of hydrogen-bond donors (Lipinski definition) is 1. The lowest BCUT2D eigenvalue weighted by Crippen LogP contribution is -2.34. The van der Waals surface area contributed by atoms with E-state index in [4.69, 9.17) is 4.55 Å². The minimum atomic E-state index is -5.28. The van der Waals surface area contributed by atoms with Crippen molar-refractivity contribution in [2.24, 2.45) is 0 Å². The van der Waals surface area contributed by atoms with Gasteiger partial charge < -0.3 is 0 Å². The normalized spacial score (nSPS) is 12.9. The average molecular weight is 246 g/mol. The summed E-state index contributed by atoms with van der Waals surface area (Å²) in [6, 6.07) is 1.01. The van der Waals surface area contributed by atoms with Crippen molar-refractivity contribution < 1.29 is 35.4 Å². The largest absolute Gasteiger partial charge is 0.423 e. The van der Waals surface area contributed by atoms with Crippen LogP contribution in [-0.2, 0) is 16.3 Å². The molecule has 1 aromatic heterocycles. The van der Waals surface area contributed by atoms with Gasteiger partial charge in [0.2, 0.25) is 6.20 Å². The van der Waals surface area contributed by atoms with Gasteiger partial charge in [0, 0.05) is 10.9 Å². The minimum Gasteiger partial charge on any atom is -0.277 e. The number of rotatable bonds is 1. The number of alkyl halides is 3. The minimum absolute atomic E-state index is 0.346. The second-order valence-corrected chi connectivity index (χ2v) is 3.85. The Morgan fingerprint density at radius 3 is 2.20 bits per heavy atom. The number of halogens is 4. The molecule has 1 N–H and O–H groups in total. The Bertz CT molecular complexity index is 482. The average Bonchev–Trinajstić information content (AvgIpc) is 1.99. The summed E-state index contributed by atoms with van der Waals surface area (Å²) in [7, 11) is -5.28. The van der Waals surface area contributed by atoms with Gasteiger partial charge in [-0.05, 0) is 6.07 Å². The highest BCUT2D eigenvalue weighted by Crippen LogP contribution is 2.32. The summed E-state index contributed by atoms with van der Waals surface area (Å²) in [4.78, 5) is -0.807. The van der Waals surface area contributed by atoms with E-state index < -0.39 is 31.7 Å². The molecule has 1 heterocycles. The van der Waals surface area contributed by atoms with Crippen molar-refractivity contribution >= 4 is 10.1 Å². The molecule has 0 spiro atoms. The topological polar surface area (TPSA) is 58.3 Å². The van der Waals surface area contributed by atoms with Crippen LogP contribution in [0.3, 0.4) is 0 Å². The van der Waals surface area contributed by atoms with Gasteiger partial charge in [-0.2, -0.15) is 21.6 Å². The predicted octanol–water partition coefficient (Wildman–Crippen LogP) is 0.972. The van der Waals surface area contributed by atoms with Gasteiger partial charge in [0.25, 0.3) is 0 Å². The van der Waals surface area contributed by atoms with Gasteiger partial charge in [-0.1, -0.05) is 0 Å². The highest BCUT2D eigenvalue weighted by Gasteiger charge is 2.44. The molecular formula is C6H4F4NO3S+. The van der Waals surface area contributed by atoms with Crippen molar-refractivity contribution in [3.05, 3.63) is 23.9 Å². The van der Waals surface area contributed by atoms with Gasteiger partial charge in [0.15, 0.2) is 0 Å². The van der Waals surface area contributed by atoms with Crippen LogP contribution in [0.1, 0.15) is 5.56 Å². The Morgan fingerprint density at radius 2 is 1.87 bits per heavy atom. The third kappa shape index (κ3) is 2.42. The SMILES string of the molecule is O=S(=O)(O)c1c(C(F)(F)F)ccc[n+]1F. The lowest BCUT2D eigenvalue weighted by Gasteiger charge is -2.05. The Labute approximate surface area is 81.5 Å². The number of pyridine rings is 1. The van der Waals surface area contributed by atoms with Gasteiger partial charge in [0.1, 0.15) is 5.56 Å². The predicted molar refractivity (Wildman–Crippen MR) is 38.0 cm³/mol. The van der Waals surface area contributed by atoms with Gasteiger partial charge in [-0.3, -0.25) is 4.55 Å². The molecule has 0 atom stereocenters. The lowest BCUT2D eigenvalue weighted by atomic mass is 10.3. The fraction of sp³-hybridized carbons (Fsp3) is 0.167. The van der Waals surface area contributed by atoms with Crippen LogP contribution in [0.2, 0.25) is 0 Å². The van der Waals surface area contributed by atoms with Crippen molar-refractivity contribution in [3.8, 4) is 0 Å². The number of aromatic nitrogens is 1. The van der Waals surface area contributed by atoms with E-state index in [0.717, 1.165) is 0 Å². The van der Waals surface area contributed by atoms with Crippen molar-refractivity contribution in [2.75, 3.05) is 0 Å². The zero-order valence-corrected chi connectivity index (χ0v) is 7.68. The fourth-order valence-corrected chi connectivity index (χ4v) is 1.68. The smallest absolute Gasteiger partial charge is 0.277 e. The van der Waals surface area contributed by atoms with Gasteiger partial charge in [-0.15, -0.1) is 0 Å². The summed E-state index contributed by atoms with van der Waals surface area (Å²) in [6.07, 6.45) is -4.64. The molecule has 0 amide bonds. The van der Waals surface area contributed by atoms with E-state index in [1.807, 2.05) is 0 Å². The molecule has 0 fully saturated rings. The first kappa shape index (κ1) is 11.9. The Kier molecular flexibility index (Phi) is 2.70. The molecular weight excluding hydrogens is 242 g/mol. The summed E-state index contributed by atoms with van der Waals surface area (Å²) in [5.41, 5.74) is -1.77. The van der Waals surface area contributed by atoms with E-state index in [9.17, 15) is 26.1 Å². The van der Waals surface area contributed by atoms with Crippen LogP contribution in [0.25, 0.3) is 0 Å². The summed E-state index contributed by atoms with van der Waals surface area (Å²) >= 11 is 0. The second-order valence-electron chi connectivity index (χ2n) is 2.51. The van der Waals surface area contributed by atoms with E-state index in [0.29, 0.717) is 18.3 Å². The molecule has 15 heavy (non-hydrogen) atoms. The van der Waals surface area contributed by atoms with Crippen LogP contribution in [0.4, 0.5) is 17.7 Å². The molecule has 84 valence electrons. The monoisotopic (exact) mass is 246 g/mol. The third-order valence-corrected chi connectivity index (χ3v) is 2.34. The molecule has 0 aromatic carbocycles. The zero-order chi connectivity index (χ0) is 11.9. The Morgan fingerprint density at radius 1 is 1.33 bits per heavy atom. The molecule has 1 rings (SSSR count). The maximum absolute atomic E-state index is 12.8. The molecule has 1 aromatic rings. The van der Waals surface area contributed by atoms with Crippen LogP contribution in [-0.4, -0.2) is 13.0 Å². The van der Waals surface area contributed by atoms with Crippen LogP contribution in [0.5, 0.6) is 0 Å². The summed E-state index contributed by atoms with van der Waals surface area (Å²) in [5.74, 6) is 0. The second kappa shape index (κ2) is 3.42. The van der Waals surface area contributed by atoms with Crippen molar-refractivity contribution in [1.82, 2.24) is 0 Å². The lowest BCUT2D eigenvalue weighted by molar-refractivity contribution is -0.875. The Hall–Kier alpha value is -1.22. The van der Waals surface area contributed by atoms with Crippen LogP contribution < -0.4 is 4.79 Å². The highest BCUT2D eigenvalue weighted by molar-refractivity contribution is 7.85. The molecule has 4 nitrogen and oxygen atoms in total. The van der Waals surface area contributed by atoms with Crippen molar-refractivity contribution in [3.63, 3.8) is 0 Å². The van der Waals surface area contributed by atoms with Crippen molar-refractivity contribution in [1.29, 1.82) is 0 Å². The Balaban J connectivity index is 3.63. The summed E-state index contributed by atoms with van der Waals surface area (Å²) in [5, 5.41) is -1.84. The highest BCUT2D eigenvalue weighted by atomic mass is 32.2. The van der Waals surface area contributed by atoms with E-state index in [-0.39, 0.29) is 0 Å². The standard InChI is InChI=1S/C6H3F4NO3S/c7-6(8,9)4-2-1-3-11(10)5(4)15(12,13)14/h1-3H/p+1. The molecule has 9 heteroatoms. The van der Waals surface area contributed by atoms with Gasteiger partial charge in [0.05, 0.1) is 4.48 Å². The molecule has 0 saturated carbocycles. The quantitative estimate of drug-likeness (QED) is 0.593. The van der Waals surface area contributed by atoms with E-state index in [2.05, 4.69) is 0 Å². The first-order chi connectivity index (χ1) is 6.64.